The van der Waals surface area contributed by atoms with Crippen molar-refractivity contribution in [3.8, 4) is 0 Å². The molecule has 3 aliphatic rings. The molecule has 0 aliphatic carbocycles. The Kier molecular flexibility index (Phi) is 4.69. The number of ether oxygens (including phenoxy) is 1. The lowest BCUT2D eigenvalue weighted by Crippen LogP contribution is -2.45. The van der Waals surface area contributed by atoms with Crippen molar-refractivity contribution in [1.82, 2.24) is 9.80 Å². The smallest absolute Gasteiger partial charge is 0.253 e. The number of hydrogen-bond acceptors (Lipinski definition) is 3. The van der Waals surface area contributed by atoms with Gasteiger partial charge in [-0.1, -0.05) is 17.7 Å². The van der Waals surface area contributed by atoms with Crippen LogP contribution in [0.3, 0.4) is 0 Å². The molecule has 25 heavy (non-hydrogen) atoms. The Morgan fingerprint density at radius 2 is 1.92 bits per heavy atom. The zero-order chi connectivity index (χ0) is 17.4. The quantitative estimate of drug-likeness (QED) is 0.812. The van der Waals surface area contributed by atoms with E-state index in [1.165, 1.54) is 0 Å². The van der Waals surface area contributed by atoms with Crippen LogP contribution in [0.25, 0.3) is 0 Å². The van der Waals surface area contributed by atoms with E-state index in [0.29, 0.717) is 29.6 Å². The number of carbonyl (C=O) groups is 2. The molecule has 3 saturated heterocycles. The van der Waals surface area contributed by atoms with Gasteiger partial charge in [0.2, 0.25) is 0 Å². The summed E-state index contributed by atoms with van der Waals surface area (Å²) >= 11 is 6.00. The molecule has 3 aliphatic heterocycles. The summed E-state index contributed by atoms with van der Waals surface area (Å²) in [7, 11) is 0. The third-order valence-corrected chi connectivity index (χ3v) is 5.84. The maximum atomic E-state index is 12.7. The van der Waals surface area contributed by atoms with Gasteiger partial charge < -0.3 is 14.5 Å². The van der Waals surface area contributed by atoms with Gasteiger partial charge in [-0.05, 0) is 49.8 Å². The minimum atomic E-state index is -0.325. The standard InChI is InChI=1S/C19H23ClN2O3/c20-15-5-3-4-14(10-15)18(23)22-9-6-13-11-16(25-17(13)12-22)19(24)21-7-1-2-8-21/h3-5,10,13,16-17H,1-2,6-9,11-12H2/t13-,16+,17+/m0/s1. The normalized spacial score (nSPS) is 28.9. The van der Waals surface area contributed by atoms with Crippen molar-refractivity contribution in [2.75, 3.05) is 26.2 Å². The zero-order valence-corrected chi connectivity index (χ0v) is 15.0. The summed E-state index contributed by atoms with van der Waals surface area (Å²) in [6.45, 7) is 2.97. The fourth-order valence-electron chi connectivity index (χ4n) is 4.22. The van der Waals surface area contributed by atoms with Crippen molar-refractivity contribution in [3.63, 3.8) is 0 Å². The van der Waals surface area contributed by atoms with Crippen LogP contribution in [0.5, 0.6) is 0 Å². The number of likely N-dealkylation sites (tertiary alicyclic amines) is 2. The number of piperidine rings is 1. The van der Waals surface area contributed by atoms with Crippen LogP contribution in [0.15, 0.2) is 24.3 Å². The van der Waals surface area contributed by atoms with E-state index in [2.05, 4.69) is 0 Å². The molecule has 5 nitrogen and oxygen atoms in total. The highest BCUT2D eigenvalue weighted by atomic mass is 35.5. The first kappa shape index (κ1) is 16.9. The first-order chi connectivity index (χ1) is 12.1. The second kappa shape index (κ2) is 6.96. The molecule has 3 heterocycles. The molecule has 0 aromatic heterocycles. The molecule has 3 atom stereocenters. The minimum Gasteiger partial charge on any atom is -0.363 e. The lowest BCUT2D eigenvalue weighted by atomic mass is 9.91. The molecular formula is C19H23ClN2O3. The number of amides is 2. The van der Waals surface area contributed by atoms with E-state index in [1.54, 1.807) is 24.3 Å². The van der Waals surface area contributed by atoms with E-state index in [-0.39, 0.29) is 24.0 Å². The number of hydrogen-bond donors (Lipinski definition) is 0. The minimum absolute atomic E-state index is 0.0149. The van der Waals surface area contributed by atoms with Gasteiger partial charge in [0, 0.05) is 36.8 Å². The molecule has 2 amide bonds. The van der Waals surface area contributed by atoms with Crippen LogP contribution in [0.4, 0.5) is 0 Å². The van der Waals surface area contributed by atoms with Crippen molar-refractivity contribution >= 4 is 23.4 Å². The molecule has 0 bridgehead atoms. The average molecular weight is 363 g/mol. The Labute approximate surface area is 152 Å². The molecule has 0 unspecified atom stereocenters. The fraction of sp³-hybridized carbons (Fsp3) is 0.579. The van der Waals surface area contributed by atoms with Crippen molar-refractivity contribution in [2.45, 2.75) is 37.9 Å². The summed E-state index contributed by atoms with van der Waals surface area (Å²) in [6, 6.07) is 7.04. The molecular weight excluding hydrogens is 340 g/mol. The lowest BCUT2D eigenvalue weighted by Gasteiger charge is -2.34. The molecule has 0 saturated carbocycles. The Bertz CT molecular complexity index is 674. The van der Waals surface area contributed by atoms with E-state index >= 15 is 0 Å². The van der Waals surface area contributed by atoms with Gasteiger partial charge in [-0.15, -0.1) is 0 Å². The van der Waals surface area contributed by atoms with Crippen LogP contribution in [-0.4, -0.2) is 60.0 Å². The van der Waals surface area contributed by atoms with Crippen LogP contribution in [-0.2, 0) is 9.53 Å². The van der Waals surface area contributed by atoms with Gasteiger partial charge in [-0.2, -0.15) is 0 Å². The maximum Gasteiger partial charge on any atom is 0.253 e. The summed E-state index contributed by atoms with van der Waals surface area (Å²) in [5.41, 5.74) is 0.605. The van der Waals surface area contributed by atoms with Gasteiger partial charge in [0.1, 0.15) is 6.10 Å². The number of rotatable bonds is 2. The Balaban J connectivity index is 1.39. The molecule has 0 spiro atoms. The van der Waals surface area contributed by atoms with E-state index < -0.39 is 0 Å². The van der Waals surface area contributed by atoms with E-state index in [0.717, 1.165) is 38.8 Å². The van der Waals surface area contributed by atoms with Crippen LogP contribution < -0.4 is 0 Å². The van der Waals surface area contributed by atoms with Gasteiger partial charge in [-0.25, -0.2) is 0 Å². The fourth-order valence-corrected chi connectivity index (χ4v) is 4.41. The highest BCUT2D eigenvalue weighted by molar-refractivity contribution is 6.30. The molecule has 0 radical (unpaired) electrons. The summed E-state index contributed by atoms with van der Waals surface area (Å²) in [5, 5.41) is 0.564. The first-order valence-corrected chi connectivity index (χ1v) is 9.49. The second-order valence-electron chi connectivity index (χ2n) is 7.24. The second-order valence-corrected chi connectivity index (χ2v) is 7.68. The van der Waals surface area contributed by atoms with Crippen molar-refractivity contribution < 1.29 is 14.3 Å². The third kappa shape index (κ3) is 3.40. The summed E-state index contributed by atoms with van der Waals surface area (Å²) in [4.78, 5) is 29.0. The maximum absolute atomic E-state index is 12.7. The molecule has 6 heteroatoms. The molecule has 4 rings (SSSR count). The largest absolute Gasteiger partial charge is 0.363 e. The van der Waals surface area contributed by atoms with Gasteiger partial charge in [-0.3, -0.25) is 9.59 Å². The average Bonchev–Trinajstić information content (AvgIpc) is 3.29. The first-order valence-electron chi connectivity index (χ1n) is 9.11. The third-order valence-electron chi connectivity index (χ3n) is 5.60. The van der Waals surface area contributed by atoms with Gasteiger partial charge >= 0.3 is 0 Å². The molecule has 0 N–H and O–H groups in total. The highest BCUT2D eigenvalue weighted by Crippen LogP contribution is 2.35. The number of halogens is 1. The topological polar surface area (TPSA) is 49.9 Å². The van der Waals surface area contributed by atoms with Crippen molar-refractivity contribution in [1.29, 1.82) is 0 Å². The number of fused-ring (bicyclic) bond motifs is 1. The van der Waals surface area contributed by atoms with Crippen LogP contribution >= 0.6 is 11.6 Å². The SMILES string of the molecule is O=C(c1cccc(Cl)c1)N1CC[C@H]2C[C@H](C(=O)N3CCCC3)O[C@@H]2C1. The predicted molar refractivity (Wildman–Crippen MR) is 94.6 cm³/mol. The van der Waals surface area contributed by atoms with Crippen molar-refractivity contribution in [3.05, 3.63) is 34.9 Å². The van der Waals surface area contributed by atoms with Gasteiger partial charge in [0.15, 0.2) is 0 Å². The van der Waals surface area contributed by atoms with E-state index in [4.69, 9.17) is 16.3 Å². The molecule has 1 aromatic rings. The number of nitrogens with zero attached hydrogens (tertiary/aromatic N) is 2. The van der Waals surface area contributed by atoms with E-state index in [9.17, 15) is 9.59 Å². The van der Waals surface area contributed by atoms with Gasteiger partial charge in [0.25, 0.3) is 11.8 Å². The molecule has 134 valence electrons. The predicted octanol–water partition coefficient (Wildman–Crippen LogP) is 2.58. The molecule has 3 fully saturated rings. The Morgan fingerprint density at radius 1 is 1.12 bits per heavy atom. The summed E-state index contributed by atoms with van der Waals surface area (Å²) in [5.74, 6) is 0.499. The summed E-state index contributed by atoms with van der Waals surface area (Å²) in [6.07, 6.45) is 3.50. The monoisotopic (exact) mass is 362 g/mol. The lowest BCUT2D eigenvalue weighted by molar-refractivity contribution is -0.142. The van der Waals surface area contributed by atoms with Crippen molar-refractivity contribution in [2.24, 2.45) is 5.92 Å². The van der Waals surface area contributed by atoms with Gasteiger partial charge in [0.05, 0.1) is 6.10 Å². The van der Waals surface area contributed by atoms with Crippen LogP contribution in [0.1, 0.15) is 36.0 Å². The number of benzene rings is 1. The molecule has 1 aromatic carbocycles. The Hall–Kier alpha value is -1.59. The Morgan fingerprint density at radius 3 is 2.68 bits per heavy atom. The zero-order valence-electron chi connectivity index (χ0n) is 14.2. The van der Waals surface area contributed by atoms with Crippen LogP contribution in [0, 0.1) is 5.92 Å². The highest BCUT2D eigenvalue weighted by Gasteiger charge is 2.44. The van der Waals surface area contributed by atoms with E-state index in [1.807, 2.05) is 9.80 Å². The number of carbonyl (C=O) groups excluding carboxylic acids is 2. The summed E-state index contributed by atoms with van der Waals surface area (Å²) < 4.78 is 6.07. The van der Waals surface area contributed by atoms with Crippen LogP contribution in [0.2, 0.25) is 5.02 Å².